The van der Waals surface area contributed by atoms with Crippen LogP contribution in [0.4, 0.5) is 5.82 Å². The van der Waals surface area contributed by atoms with Gasteiger partial charge in [-0.15, -0.1) is 16.4 Å². The van der Waals surface area contributed by atoms with Gasteiger partial charge in [0.05, 0.1) is 31.0 Å². The van der Waals surface area contributed by atoms with Crippen LogP contribution < -0.4 is 4.90 Å². The van der Waals surface area contributed by atoms with Gasteiger partial charge in [-0.3, -0.25) is 4.90 Å². The first-order valence-electron chi connectivity index (χ1n) is 7.59. The summed E-state index contributed by atoms with van der Waals surface area (Å²) >= 11 is 1.71. The molecule has 0 spiro atoms. The number of anilines is 1. The normalized spacial score (nSPS) is 25.4. The fourth-order valence-corrected chi connectivity index (χ4v) is 3.90. The van der Waals surface area contributed by atoms with Crippen LogP contribution in [0.5, 0.6) is 0 Å². The zero-order valence-electron chi connectivity index (χ0n) is 12.6. The van der Waals surface area contributed by atoms with E-state index in [0.717, 1.165) is 44.3 Å². The van der Waals surface area contributed by atoms with E-state index in [0.29, 0.717) is 6.04 Å². The van der Waals surface area contributed by atoms with Gasteiger partial charge in [0.2, 0.25) is 0 Å². The zero-order valence-corrected chi connectivity index (χ0v) is 13.4. The molecular weight excluding hydrogens is 298 g/mol. The van der Waals surface area contributed by atoms with Crippen LogP contribution >= 0.6 is 11.3 Å². The predicted molar refractivity (Wildman–Crippen MR) is 85.0 cm³/mol. The van der Waals surface area contributed by atoms with E-state index in [1.165, 1.54) is 5.01 Å². The number of morpholine rings is 1. The highest BCUT2D eigenvalue weighted by Gasteiger charge is 2.40. The highest BCUT2D eigenvalue weighted by molar-refractivity contribution is 7.09. The Labute approximate surface area is 133 Å². The van der Waals surface area contributed by atoms with Gasteiger partial charge in [-0.2, -0.15) is 5.10 Å². The summed E-state index contributed by atoms with van der Waals surface area (Å²) in [6.07, 6.45) is 2.12. The monoisotopic (exact) mass is 317 g/mol. The first-order chi connectivity index (χ1) is 10.8. The predicted octanol–water partition coefficient (Wildman–Crippen LogP) is 1.33. The van der Waals surface area contributed by atoms with Crippen LogP contribution in [0.3, 0.4) is 0 Å². The molecule has 0 amide bonds. The fourth-order valence-electron chi connectivity index (χ4n) is 3.25. The maximum atomic E-state index is 5.98. The Balaban J connectivity index is 1.50. The third-order valence-corrected chi connectivity index (χ3v) is 5.06. The molecule has 0 saturated carbocycles. The standard InChI is InChI=1S/C15H19N5OS/c1-11-2-3-14(18-17-11)20-5-6-21-13-9-19(8-12(13)20)10-15-16-4-7-22-15/h2-4,7,12-13H,5-6,8-10H2,1H3/t12-,13+/m0/s1. The quantitative estimate of drug-likeness (QED) is 0.851. The first-order valence-corrected chi connectivity index (χ1v) is 8.47. The molecule has 0 aromatic carbocycles. The summed E-state index contributed by atoms with van der Waals surface area (Å²) in [5.41, 5.74) is 0.949. The molecule has 2 saturated heterocycles. The summed E-state index contributed by atoms with van der Waals surface area (Å²) in [6.45, 7) is 6.44. The fraction of sp³-hybridized carbons (Fsp3) is 0.533. The van der Waals surface area contributed by atoms with Crippen molar-refractivity contribution in [1.82, 2.24) is 20.1 Å². The second kappa shape index (κ2) is 5.91. The molecule has 2 aromatic rings. The lowest BCUT2D eigenvalue weighted by molar-refractivity contribution is 0.0303. The van der Waals surface area contributed by atoms with Crippen molar-refractivity contribution >= 4 is 17.2 Å². The lowest BCUT2D eigenvalue weighted by atomic mass is 10.1. The summed E-state index contributed by atoms with van der Waals surface area (Å²) in [4.78, 5) is 9.16. The number of thiazole rings is 1. The Bertz CT molecular complexity index is 617. The smallest absolute Gasteiger partial charge is 0.151 e. The summed E-state index contributed by atoms with van der Waals surface area (Å²) in [5, 5.41) is 11.7. The molecule has 7 heteroatoms. The van der Waals surface area contributed by atoms with Crippen molar-refractivity contribution in [1.29, 1.82) is 0 Å². The minimum absolute atomic E-state index is 0.247. The molecule has 2 aliphatic heterocycles. The number of fused-ring (bicyclic) bond motifs is 1. The van der Waals surface area contributed by atoms with E-state index in [2.05, 4.69) is 31.0 Å². The Morgan fingerprint density at radius 1 is 1.32 bits per heavy atom. The number of ether oxygens (including phenoxy) is 1. The Hall–Kier alpha value is -1.57. The number of aromatic nitrogens is 3. The molecular formula is C15H19N5OS. The van der Waals surface area contributed by atoms with Crippen LogP contribution in [0.25, 0.3) is 0 Å². The van der Waals surface area contributed by atoms with Crippen molar-refractivity contribution in [3.63, 3.8) is 0 Å². The number of likely N-dealkylation sites (tertiary alicyclic amines) is 1. The van der Waals surface area contributed by atoms with Gasteiger partial charge in [0.25, 0.3) is 0 Å². The summed E-state index contributed by atoms with van der Waals surface area (Å²) < 4.78 is 5.98. The number of hydrogen-bond acceptors (Lipinski definition) is 7. The second-order valence-electron chi connectivity index (χ2n) is 5.82. The minimum atomic E-state index is 0.247. The Morgan fingerprint density at radius 2 is 2.27 bits per heavy atom. The minimum Gasteiger partial charge on any atom is -0.373 e. The average Bonchev–Trinajstić information content (AvgIpc) is 3.17. The SMILES string of the molecule is Cc1ccc(N2CCO[C@@H]3CN(Cc4nccs4)C[C@@H]32)nn1. The van der Waals surface area contributed by atoms with Crippen molar-refractivity contribution in [2.45, 2.75) is 25.6 Å². The van der Waals surface area contributed by atoms with Gasteiger partial charge in [0.15, 0.2) is 5.82 Å². The Morgan fingerprint density at radius 3 is 3.05 bits per heavy atom. The number of rotatable bonds is 3. The lowest BCUT2D eigenvalue weighted by Gasteiger charge is -2.37. The van der Waals surface area contributed by atoms with Crippen molar-refractivity contribution < 1.29 is 4.74 Å². The molecule has 2 aromatic heterocycles. The number of hydrogen-bond donors (Lipinski definition) is 0. The number of nitrogens with zero attached hydrogens (tertiary/aromatic N) is 5. The average molecular weight is 317 g/mol. The molecule has 0 radical (unpaired) electrons. The molecule has 2 atom stereocenters. The summed E-state index contributed by atoms with van der Waals surface area (Å²) in [7, 11) is 0. The van der Waals surface area contributed by atoms with Gasteiger partial charge in [0, 0.05) is 31.2 Å². The van der Waals surface area contributed by atoms with Crippen LogP contribution in [-0.2, 0) is 11.3 Å². The molecule has 0 aliphatic carbocycles. The molecule has 6 nitrogen and oxygen atoms in total. The molecule has 0 bridgehead atoms. The van der Waals surface area contributed by atoms with Crippen LogP contribution in [0.1, 0.15) is 10.7 Å². The van der Waals surface area contributed by atoms with Gasteiger partial charge >= 0.3 is 0 Å². The van der Waals surface area contributed by atoms with Crippen molar-refractivity contribution in [2.24, 2.45) is 0 Å². The van der Waals surface area contributed by atoms with Gasteiger partial charge in [-0.25, -0.2) is 4.98 Å². The van der Waals surface area contributed by atoms with E-state index in [-0.39, 0.29) is 6.10 Å². The van der Waals surface area contributed by atoms with Crippen LogP contribution in [0.2, 0.25) is 0 Å². The topological polar surface area (TPSA) is 54.4 Å². The van der Waals surface area contributed by atoms with Gasteiger partial charge in [0.1, 0.15) is 5.01 Å². The van der Waals surface area contributed by atoms with Crippen molar-refractivity contribution in [3.8, 4) is 0 Å². The van der Waals surface area contributed by atoms with E-state index in [9.17, 15) is 0 Å². The van der Waals surface area contributed by atoms with E-state index < -0.39 is 0 Å². The Kier molecular flexibility index (Phi) is 3.77. The van der Waals surface area contributed by atoms with Crippen LogP contribution in [-0.4, -0.2) is 58.5 Å². The maximum absolute atomic E-state index is 5.98. The molecule has 2 fully saturated rings. The molecule has 2 aliphatic rings. The van der Waals surface area contributed by atoms with E-state index in [4.69, 9.17) is 4.74 Å². The molecule has 116 valence electrons. The molecule has 4 heterocycles. The highest BCUT2D eigenvalue weighted by Crippen LogP contribution is 2.27. The van der Waals surface area contributed by atoms with E-state index in [1.54, 1.807) is 11.3 Å². The van der Waals surface area contributed by atoms with E-state index >= 15 is 0 Å². The van der Waals surface area contributed by atoms with Gasteiger partial charge < -0.3 is 9.64 Å². The van der Waals surface area contributed by atoms with Crippen LogP contribution in [0, 0.1) is 6.92 Å². The first kappa shape index (κ1) is 14.0. The largest absolute Gasteiger partial charge is 0.373 e. The molecule has 22 heavy (non-hydrogen) atoms. The second-order valence-corrected chi connectivity index (χ2v) is 6.80. The highest BCUT2D eigenvalue weighted by atomic mass is 32.1. The van der Waals surface area contributed by atoms with Crippen molar-refractivity contribution in [3.05, 3.63) is 34.4 Å². The summed E-state index contributed by atoms with van der Waals surface area (Å²) in [6, 6.07) is 4.44. The third kappa shape index (κ3) is 2.71. The third-order valence-electron chi connectivity index (χ3n) is 4.30. The summed E-state index contributed by atoms with van der Waals surface area (Å²) in [5.74, 6) is 0.958. The number of aryl methyl sites for hydroxylation is 1. The van der Waals surface area contributed by atoms with Crippen molar-refractivity contribution in [2.75, 3.05) is 31.1 Å². The molecule has 0 unspecified atom stereocenters. The molecule has 0 N–H and O–H groups in total. The molecule has 4 rings (SSSR count). The van der Waals surface area contributed by atoms with Gasteiger partial charge in [-0.1, -0.05) is 0 Å². The van der Waals surface area contributed by atoms with E-state index in [1.807, 2.05) is 24.6 Å². The maximum Gasteiger partial charge on any atom is 0.151 e. The lowest BCUT2D eigenvalue weighted by Crippen LogP contribution is -2.51. The van der Waals surface area contributed by atoms with Crippen LogP contribution in [0.15, 0.2) is 23.7 Å². The van der Waals surface area contributed by atoms with Gasteiger partial charge in [-0.05, 0) is 19.1 Å². The zero-order chi connectivity index (χ0) is 14.9.